The van der Waals surface area contributed by atoms with Crippen molar-refractivity contribution >= 4 is 23.3 Å². The summed E-state index contributed by atoms with van der Waals surface area (Å²) in [5, 5.41) is 22.3. The van der Waals surface area contributed by atoms with Gasteiger partial charge in [-0.1, -0.05) is 12.8 Å². The van der Waals surface area contributed by atoms with Crippen molar-refractivity contribution in [3.8, 4) is 0 Å². The second kappa shape index (κ2) is 6.55. The van der Waals surface area contributed by atoms with E-state index in [1.807, 2.05) is 0 Å². The number of hydrogen-bond donors (Lipinski definition) is 2. The first-order valence-electron chi connectivity index (χ1n) is 7.16. The number of anilines is 1. The number of carbonyl (C=O) groups excluding carboxylic acids is 1. The molecule has 0 heterocycles. The highest BCUT2D eigenvalue weighted by molar-refractivity contribution is 5.91. The number of carbonyl (C=O) groups is 2. The summed E-state index contributed by atoms with van der Waals surface area (Å²) in [5.41, 5.74) is -0.0355. The maximum absolute atomic E-state index is 12.1. The molecule has 7 heteroatoms. The lowest BCUT2D eigenvalue weighted by Gasteiger charge is -2.26. The first-order valence-corrected chi connectivity index (χ1v) is 7.16. The molecule has 0 radical (unpaired) electrons. The van der Waals surface area contributed by atoms with Crippen LogP contribution >= 0.6 is 0 Å². The van der Waals surface area contributed by atoms with Gasteiger partial charge in [0.2, 0.25) is 5.91 Å². The molecule has 0 unspecified atom stereocenters. The zero-order valence-electron chi connectivity index (χ0n) is 12.1. The van der Waals surface area contributed by atoms with Gasteiger partial charge in [-0.05, 0) is 30.4 Å². The molecule has 1 aromatic rings. The predicted molar refractivity (Wildman–Crippen MR) is 79.5 cm³/mol. The summed E-state index contributed by atoms with van der Waals surface area (Å²) in [6.45, 7) is 0. The Balaban J connectivity index is 1.99. The van der Waals surface area contributed by atoms with E-state index in [1.165, 1.54) is 24.3 Å². The molecule has 118 valence electrons. The van der Waals surface area contributed by atoms with E-state index in [2.05, 4.69) is 5.32 Å². The Bertz CT molecular complexity index is 576. The number of nitro groups is 1. The van der Waals surface area contributed by atoms with E-state index in [0.717, 1.165) is 25.7 Å². The third kappa shape index (κ3) is 4.03. The Labute approximate surface area is 127 Å². The number of aliphatic carboxylic acids is 1. The van der Waals surface area contributed by atoms with Crippen molar-refractivity contribution in [2.24, 2.45) is 5.41 Å². The Kier molecular flexibility index (Phi) is 4.75. The number of non-ortho nitro benzene ring substituents is 1. The van der Waals surface area contributed by atoms with Gasteiger partial charge in [-0.2, -0.15) is 0 Å². The van der Waals surface area contributed by atoms with E-state index in [9.17, 15) is 19.7 Å². The molecule has 2 N–H and O–H groups in total. The van der Waals surface area contributed by atoms with E-state index in [4.69, 9.17) is 5.11 Å². The van der Waals surface area contributed by atoms with Gasteiger partial charge < -0.3 is 10.4 Å². The quantitative estimate of drug-likeness (QED) is 0.620. The van der Waals surface area contributed by atoms with Crippen LogP contribution in [-0.2, 0) is 9.59 Å². The van der Waals surface area contributed by atoms with E-state index in [0.29, 0.717) is 5.69 Å². The average Bonchev–Trinajstić information content (AvgIpc) is 2.86. The summed E-state index contributed by atoms with van der Waals surface area (Å²) in [6.07, 6.45) is 3.53. The van der Waals surface area contributed by atoms with Crippen molar-refractivity contribution in [2.75, 3.05) is 5.32 Å². The highest BCUT2D eigenvalue weighted by atomic mass is 16.6. The molecule has 1 saturated carbocycles. The molecule has 0 atom stereocenters. The molecule has 1 aliphatic carbocycles. The van der Waals surface area contributed by atoms with Gasteiger partial charge in [-0.15, -0.1) is 0 Å². The highest BCUT2D eigenvalue weighted by Crippen LogP contribution is 2.44. The highest BCUT2D eigenvalue weighted by Gasteiger charge is 2.37. The van der Waals surface area contributed by atoms with Gasteiger partial charge in [-0.3, -0.25) is 19.7 Å². The van der Waals surface area contributed by atoms with E-state index in [-0.39, 0.29) is 24.4 Å². The number of rotatable bonds is 6. The fourth-order valence-corrected chi connectivity index (χ4v) is 3.07. The number of nitrogens with one attached hydrogen (secondary N) is 1. The molecule has 1 amide bonds. The van der Waals surface area contributed by atoms with Crippen LogP contribution < -0.4 is 5.32 Å². The van der Waals surface area contributed by atoms with Crippen LogP contribution in [-0.4, -0.2) is 21.9 Å². The smallest absolute Gasteiger partial charge is 0.303 e. The predicted octanol–water partition coefficient (Wildman–Crippen LogP) is 2.96. The van der Waals surface area contributed by atoms with Crippen LogP contribution in [0.4, 0.5) is 11.4 Å². The number of amides is 1. The number of nitrogens with zero attached hydrogens (tertiary/aromatic N) is 1. The zero-order chi connectivity index (χ0) is 16.2. The van der Waals surface area contributed by atoms with Crippen LogP contribution in [0.2, 0.25) is 0 Å². The summed E-state index contributed by atoms with van der Waals surface area (Å²) >= 11 is 0. The van der Waals surface area contributed by atoms with Crippen LogP contribution in [0, 0.1) is 15.5 Å². The van der Waals surface area contributed by atoms with Crippen molar-refractivity contribution in [1.29, 1.82) is 0 Å². The second-order valence-electron chi connectivity index (χ2n) is 5.81. The summed E-state index contributed by atoms with van der Waals surface area (Å²) < 4.78 is 0. The Morgan fingerprint density at radius 1 is 1.18 bits per heavy atom. The normalized spacial score (nSPS) is 16.2. The maximum Gasteiger partial charge on any atom is 0.303 e. The van der Waals surface area contributed by atoms with Crippen LogP contribution in [0.25, 0.3) is 0 Å². The minimum Gasteiger partial charge on any atom is -0.481 e. The molecular weight excluding hydrogens is 288 g/mol. The molecule has 0 aromatic heterocycles. The van der Waals surface area contributed by atoms with E-state index in [1.54, 1.807) is 0 Å². The molecule has 0 saturated heterocycles. The molecule has 1 aromatic carbocycles. The summed E-state index contributed by atoms with van der Waals surface area (Å²) in [7, 11) is 0. The number of nitro benzene ring substituents is 1. The van der Waals surface area contributed by atoms with Gasteiger partial charge in [0.1, 0.15) is 0 Å². The minimum atomic E-state index is -0.884. The lowest BCUT2D eigenvalue weighted by molar-refractivity contribution is -0.384. The number of benzene rings is 1. The maximum atomic E-state index is 12.1. The fraction of sp³-hybridized carbons (Fsp3) is 0.467. The molecule has 22 heavy (non-hydrogen) atoms. The Hall–Kier alpha value is -2.44. The van der Waals surface area contributed by atoms with Crippen LogP contribution in [0.3, 0.4) is 0 Å². The number of carboxylic acids is 1. The molecule has 0 aliphatic heterocycles. The van der Waals surface area contributed by atoms with Crippen molar-refractivity contribution in [3.63, 3.8) is 0 Å². The van der Waals surface area contributed by atoms with Crippen LogP contribution in [0.1, 0.15) is 38.5 Å². The standard InChI is InChI=1S/C15H18N2O5/c18-13(9-15(10-14(19)20)7-1-2-8-15)16-11-3-5-12(6-4-11)17(21)22/h3-6H,1-2,7-10H2,(H,16,18)(H,19,20). The van der Waals surface area contributed by atoms with Gasteiger partial charge in [0.15, 0.2) is 0 Å². The van der Waals surface area contributed by atoms with Crippen molar-refractivity contribution in [1.82, 2.24) is 0 Å². The Morgan fingerprint density at radius 3 is 2.27 bits per heavy atom. The van der Waals surface area contributed by atoms with Gasteiger partial charge in [-0.25, -0.2) is 0 Å². The second-order valence-corrected chi connectivity index (χ2v) is 5.81. The van der Waals surface area contributed by atoms with E-state index < -0.39 is 16.3 Å². The monoisotopic (exact) mass is 306 g/mol. The molecule has 0 spiro atoms. The third-order valence-corrected chi connectivity index (χ3v) is 4.09. The lowest BCUT2D eigenvalue weighted by atomic mass is 9.79. The van der Waals surface area contributed by atoms with Gasteiger partial charge in [0.05, 0.1) is 11.3 Å². The molecule has 1 fully saturated rings. The number of carboxylic acid groups (broad SMARTS) is 1. The molecular formula is C15H18N2O5. The summed E-state index contributed by atoms with van der Waals surface area (Å²) in [5.74, 6) is -1.14. The summed E-state index contributed by atoms with van der Waals surface area (Å²) in [4.78, 5) is 33.2. The van der Waals surface area contributed by atoms with E-state index >= 15 is 0 Å². The third-order valence-electron chi connectivity index (χ3n) is 4.09. The number of hydrogen-bond acceptors (Lipinski definition) is 4. The van der Waals surface area contributed by atoms with Gasteiger partial charge in [0, 0.05) is 24.2 Å². The zero-order valence-corrected chi connectivity index (χ0v) is 12.1. The lowest BCUT2D eigenvalue weighted by Crippen LogP contribution is -2.27. The first-order chi connectivity index (χ1) is 10.4. The fourth-order valence-electron chi connectivity index (χ4n) is 3.07. The first kappa shape index (κ1) is 15.9. The molecule has 2 rings (SSSR count). The van der Waals surface area contributed by atoms with Crippen molar-refractivity contribution in [3.05, 3.63) is 34.4 Å². The largest absolute Gasteiger partial charge is 0.481 e. The molecule has 7 nitrogen and oxygen atoms in total. The summed E-state index contributed by atoms with van der Waals surface area (Å²) in [6, 6.07) is 5.57. The van der Waals surface area contributed by atoms with Gasteiger partial charge >= 0.3 is 5.97 Å². The minimum absolute atomic E-state index is 0.000676. The van der Waals surface area contributed by atoms with Crippen LogP contribution in [0.15, 0.2) is 24.3 Å². The van der Waals surface area contributed by atoms with Crippen LogP contribution in [0.5, 0.6) is 0 Å². The van der Waals surface area contributed by atoms with Crippen molar-refractivity contribution < 1.29 is 19.6 Å². The molecule has 0 bridgehead atoms. The Morgan fingerprint density at radius 2 is 1.77 bits per heavy atom. The van der Waals surface area contributed by atoms with Gasteiger partial charge in [0.25, 0.3) is 5.69 Å². The SMILES string of the molecule is O=C(O)CC1(CC(=O)Nc2ccc([N+](=O)[O-])cc2)CCCC1. The topological polar surface area (TPSA) is 110 Å². The average molecular weight is 306 g/mol. The van der Waals surface area contributed by atoms with Crippen molar-refractivity contribution in [2.45, 2.75) is 38.5 Å². The molecule has 1 aliphatic rings.